The molecular formula is C22H23N7S. The van der Waals surface area contributed by atoms with Crippen molar-refractivity contribution in [1.82, 2.24) is 29.3 Å². The van der Waals surface area contributed by atoms with Gasteiger partial charge >= 0.3 is 0 Å². The van der Waals surface area contributed by atoms with E-state index in [-0.39, 0.29) is 5.41 Å². The first kappa shape index (κ1) is 18.9. The van der Waals surface area contributed by atoms with E-state index in [4.69, 9.17) is 9.98 Å². The highest BCUT2D eigenvalue weighted by molar-refractivity contribution is 7.07. The zero-order chi connectivity index (χ0) is 20.4. The predicted octanol–water partition coefficient (Wildman–Crippen LogP) is 3.97. The van der Waals surface area contributed by atoms with Gasteiger partial charge in [-0.3, -0.25) is 19.6 Å². The fraction of sp³-hybridized carbons (Fsp3) is 0.318. The molecule has 7 nitrogen and oxygen atoms in total. The van der Waals surface area contributed by atoms with Gasteiger partial charge in [-0.15, -0.1) is 11.3 Å². The highest BCUT2D eigenvalue weighted by atomic mass is 32.1. The number of aromatic nitrogens is 6. The second-order valence-corrected chi connectivity index (χ2v) is 8.43. The van der Waals surface area contributed by atoms with E-state index in [0.29, 0.717) is 0 Å². The van der Waals surface area contributed by atoms with Gasteiger partial charge in [0, 0.05) is 48.2 Å². The minimum absolute atomic E-state index is 0.0296. The molecule has 0 unspecified atom stereocenters. The van der Waals surface area contributed by atoms with Crippen LogP contribution < -0.4 is 4.80 Å². The Morgan fingerprint density at radius 2 is 2.07 bits per heavy atom. The van der Waals surface area contributed by atoms with Gasteiger partial charge in [0.1, 0.15) is 11.4 Å². The first-order valence-electron chi connectivity index (χ1n) is 10.2. The molecule has 1 aliphatic rings. The van der Waals surface area contributed by atoms with Crippen molar-refractivity contribution in [2.75, 3.05) is 0 Å². The van der Waals surface area contributed by atoms with E-state index in [1.165, 1.54) is 6.42 Å². The second-order valence-electron chi connectivity index (χ2n) is 7.60. The van der Waals surface area contributed by atoms with Crippen LogP contribution in [0.15, 0.2) is 65.8 Å². The van der Waals surface area contributed by atoms with Crippen molar-refractivity contribution in [2.45, 2.75) is 44.7 Å². The summed E-state index contributed by atoms with van der Waals surface area (Å²) in [5, 5.41) is 6.48. The number of pyridine rings is 1. The molecule has 0 amide bonds. The van der Waals surface area contributed by atoms with Crippen LogP contribution in [-0.4, -0.2) is 29.3 Å². The van der Waals surface area contributed by atoms with Crippen molar-refractivity contribution in [1.29, 1.82) is 0 Å². The Hall–Kier alpha value is -3.13. The molecule has 8 heteroatoms. The Morgan fingerprint density at radius 3 is 2.73 bits per heavy atom. The normalized spacial score (nSPS) is 15.8. The molecule has 1 saturated carbocycles. The van der Waals surface area contributed by atoms with Crippen LogP contribution in [-0.2, 0) is 18.5 Å². The highest BCUT2D eigenvalue weighted by Crippen LogP contribution is 2.44. The molecule has 4 aromatic heterocycles. The van der Waals surface area contributed by atoms with Gasteiger partial charge < -0.3 is 4.57 Å². The molecule has 1 aliphatic carbocycles. The Morgan fingerprint density at radius 1 is 1.13 bits per heavy atom. The van der Waals surface area contributed by atoms with E-state index in [9.17, 15) is 0 Å². The monoisotopic (exact) mass is 417 g/mol. The van der Waals surface area contributed by atoms with Crippen molar-refractivity contribution in [2.24, 2.45) is 4.99 Å². The molecule has 0 saturated heterocycles. The molecule has 5 rings (SSSR count). The number of rotatable bonds is 6. The van der Waals surface area contributed by atoms with Crippen molar-refractivity contribution in [3.63, 3.8) is 0 Å². The van der Waals surface area contributed by atoms with E-state index < -0.39 is 0 Å². The largest absolute Gasteiger partial charge is 0.314 e. The fourth-order valence-electron chi connectivity index (χ4n) is 3.98. The number of hydrogen-bond donors (Lipinski definition) is 0. The second kappa shape index (κ2) is 7.95. The van der Waals surface area contributed by atoms with E-state index in [1.807, 2.05) is 35.5 Å². The number of nitrogens with zero attached hydrogens (tertiary/aromatic N) is 7. The fourth-order valence-corrected chi connectivity index (χ4v) is 4.89. The quantitative estimate of drug-likeness (QED) is 0.476. The molecule has 0 bridgehead atoms. The van der Waals surface area contributed by atoms with Gasteiger partial charge in [-0.2, -0.15) is 5.10 Å². The lowest BCUT2D eigenvalue weighted by atomic mass is 9.66. The predicted molar refractivity (Wildman–Crippen MR) is 116 cm³/mol. The van der Waals surface area contributed by atoms with Gasteiger partial charge in [0.2, 0.25) is 0 Å². The van der Waals surface area contributed by atoms with Crippen LogP contribution in [0.2, 0.25) is 0 Å². The van der Waals surface area contributed by atoms with Crippen LogP contribution in [0.4, 0.5) is 5.69 Å². The van der Waals surface area contributed by atoms with Crippen molar-refractivity contribution >= 4 is 17.0 Å². The highest BCUT2D eigenvalue weighted by Gasteiger charge is 2.41. The molecule has 0 radical (unpaired) electrons. The van der Waals surface area contributed by atoms with Crippen LogP contribution in [0, 0.1) is 0 Å². The molecule has 30 heavy (non-hydrogen) atoms. The van der Waals surface area contributed by atoms with Crippen LogP contribution in [0.25, 0.3) is 11.4 Å². The molecule has 0 spiro atoms. The lowest BCUT2D eigenvalue weighted by Crippen LogP contribution is -2.41. The summed E-state index contributed by atoms with van der Waals surface area (Å²) in [4.78, 5) is 19.4. The summed E-state index contributed by atoms with van der Waals surface area (Å²) in [6.45, 7) is 3.72. The number of hydrogen-bond acceptors (Lipinski definition) is 6. The lowest BCUT2D eigenvalue weighted by Gasteiger charge is -2.42. The first-order valence-corrected chi connectivity index (χ1v) is 11.1. The third-order valence-corrected chi connectivity index (χ3v) is 6.63. The molecular weight excluding hydrogens is 394 g/mol. The summed E-state index contributed by atoms with van der Waals surface area (Å²) < 4.78 is 4.17. The molecule has 4 aromatic rings. The SMILES string of the molecule is CCn1cc(N=c2scc(-c3cnccn3)n2CC2(c3ccccn3)CCC2)cn1. The van der Waals surface area contributed by atoms with E-state index in [1.54, 1.807) is 23.7 Å². The zero-order valence-corrected chi connectivity index (χ0v) is 17.7. The van der Waals surface area contributed by atoms with Gasteiger partial charge in [-0.05, 0) is 31.9 Å². The van der Waals surface area contributed by atoms with Gasteiger partial charge in [0.25, 0.3) is 0 Å². The summed E-state index contributed by atoms with van der Waals surface area (Å²) in [6, 6.07) is 6.20. The van der Waals surface area contributed by atoms with Gasteiger partial charge in [0.05, 0.1) is 24.3 Å². The third kappa shape index (κ3) is 3.47. The summed E-state index contributed by atoms with van der Waals surface area (Å²) in [6.07, 6.45) is 14.4. The summed E-state index contributed by atoms with van der Waals surface area (Å²) in [5.41, 5.74) is 3.94. The standard InChI is InChI=1S/C22H23N7S/c1-2-28-14-17(12-26-28)27-21-29(19(15-30-21)18-13-23-10-11-24-18)16-22(7-5-8-22)20-6-3-4-9-25-20/h3-4,6,9-15H,2,5,7-8,16H2,1H3. The van der Waals surface area contributed by atoms with Crippen LogP contribution in [0.5, 0.6) is 0 Å². The van der Waals surface area contributed by atoms with E-state index in [2.05, 4.69) is 44.1 Å². The lowest BCUT2D eigenvalue weighted by molar-refractivity contribution is 0.202. The van der Waals surface area contributed by atoms with E-state index >= 15 is 0 Å². The van der Waals surface area contributed by atoms with Crippen molar-refractivity contribution < 1.29 is 0 Å². The molecule has 4 heterocycles. The van der Waals surface area contributed by atoms with Crippen LogP contribution >= 0.6 is 11.3 Å². The molecule has 0 atom stereocenters. The zero-order valence-electron chi connectivity index (χ0n) is 16.8. The average molecular weight is 418 g/mol. The average Bonchev–Trinajstić information content (AvgIpc) is 3.39. The Bertz CT molecular complexity index is 1190. The molecule has 0 aromatic carbocycles. The maximum absolute atomic E-state index is 4.92. The maximum atomic E-state index is 4.92. The molecule has 1 fully saturated rings. The Kier molecular flexibility index (Phi) is 5.00. The van der Waals surface area contributed by atoms with Gasteiger partial charge in [-0.1, -0.05) is 12.5 Å². The molecule has 0 N–H and O–H groups in total. The Labute approximate surface area is 178 Å². The van der Waals surface area contributed by atoms with Crippen LogP contribution in [0.1, 0.15) is 31.9 Å². The summed E-state index contributed by atoms with van der Waals surface area (Å²) >= 11 is 1.62. The Balaban J connectivity index is 1.62. The van der Waals surface area contributed by atoms with E-state index in [0.717, 1.165) is 53.5 Å². The summed E-state index contributed by atoms with van der Waals surface area (Å²) in [7, 11) is 0. The van der Waals surface area contributed by atoms with Gasteiger partial charge in [-0.25, -0.2) is 4.99 Å². The van der Waals surface area contributed by atoms with Crippen molar-refractivity contribution in [3.05, 3.63) is 71.3 Å². The topological polar surface area (TPSA) is 73.8 Å². The van der Waals surface area contributed by atoms with Gasteiger partial charge in [0.15, 0.2) is 4.80 Å². The van der Waals surface area contributed by atoms with Crippen LogP contribution in [0.3, 0.4) is 0 Å². The maximum Gasteiger partial charge on any atom is 0.190 e. The summed E-state index contributed by atoms with van der Waals surface area (Å²) in [5.74, 6) is 0. The molecule has 0 aliphatic heterocycles. The molecule has 152 valence electrons. The first-order chi connectivity index (χ1) is 14.8. The minimum Gasteiger partial charge on any atom is -0.314 e. The number of aryl methyl sites for hydroxylation is 1. The van der Waals surface area contributed by atoms with Crippen molar-refractivity contribution in [3.8, 4) is 11.4 Å². The minimum atomic E-state index is 0.0296. The number of thiazole rings is 1. The third-order valence-electron chi connectivity index (χ3n) is 5.77. The smallest absolute Gasteiger partial charge is 0.190 e.